The molecule has 7 heteroatoms. The Kier molecular flexibility index (Phi) is 3.36. The first-order valence-electron chi connectivity index (χ1n) is 9.09. The lowest BCUT2D eigenvalue weighted by molar-refractivity contribution is -0.122. The Morgan fingerprint density at radius 1 is 1.32 bits per heavy atom. The van der Waals surface area contributed by atoms with Crippen LogP contribution in [0.2, 0.25) is 0 Å². The maximum atomic E-state index is 13.1. The predicted octanol–water partition coefficient (Wildman–Crippen LogP) is 1.09. The number of amides is 1. The average Bonchev–Trinajstić information content (AvgIpc) is 3.16. The molecule has 1 unspecified atom stereocenters. The summed E-state index contributed by atoms with van der Waals surface area (Å²) in [5.41, 5.74) is 2.15. The van der Waals surface area contributed by atoms with Crippen molar-refractivity contribution in [2.75, 3.05) is 19.7 Å². The van der Waals surface area contributed by atoms with E-state index in [1.54, 1.807) is 17.1 Å². The molecule has 0 radical (unpaired) electrons. The van der Waals surface area contributed by atoms with Crippen molar-refractivity contribution in [3.8, 4) is 0 Å². The van der Waals surface area contributed by atoms with Crippen molar-refractivity contribution in [2.24, 2.45) is 7.05 Å². The van der Waals surface area contributed by atoms with E-state index in [1.807, 2.05) is 18.0 Å². The van der Waals surface area contributed by atoms with Gasteiger partial charge in [0.1, 0.15) is 5.52 Å². The molecule has 3 aliphatic rings. The number of aromatic nitrogens is 3. The molecule has 5 rings (SSSR count). The van der Waals surface area contributed by atoms with Crippen LogP contribution >= 0.6 is 0 Å². The summed E-state index contributed by atoms with van der Waals surface area (Å²) in [6.07, 6.45) is 7.85. The van der Waals surface area contributed by atoms with Gasteiger partial charge in [-0.25, -0.2) is 0 Å². The fourth-order valence-corrected chi connectivity index (χ4v) is 4.80. The highest BCUT2D eigenvalue weighted by Crippen LogP contribution is 2.38. The number of rotatable bonds is 1. The zero-order valence-corrected chi connectivity index (χ0v) is 14.4. The highest BCUT2D eigenvalue weighted by Gasteiger charge is 2.47. The molecular weight excluding hydrogens is 318 g/mol. The number of nitrogens with one attached hydrogen (secondary N) is 1. The van der Waals surface area contributed by atoms with Crippen LogP contribution in [0.1, 0.15) is 36.0 Å². The van der Waals surface area contributed by atoms with Gasteiger partial charge in [0.15, 0.2) is 0 Å². The summed E-state index contributed by atoms with van der Waals surface area (Å²) >= 11 is 0. The molecule has 0 saturated carbocycles. The fraction of sp³-hybridized carbons (Fsp3) is 0.611. The Bertz CT molecular complexity index is 820. The SMILES string of the molecule is Cn1ncc2ncc(C(=O)N3CCOC4(C[C@H]5CC[C@@H](C4)N5)C3)cc21. The van der Waals surface area contributed by atoms with Crippen LogP contribution in [0.15, 0.2) is 18.5 Å². The summed E-state index contributed by atoms with van der Waals surface area (Å²) in [6, 6.07) is 2.98. The minimum atomic E-state index is -0.172. The molecule has 0 aromatic carbocycles. The molecule has 1 N–H and O–H groups in total. The van der Waals surface area contributed by atoms with Gasteiger partial charge in [-0.3, -0.25) is 14.5 Å². The van der Waals surface area contributed by atoms with E-state index in [-0.39, 0.29) is 11.5 Å². The maximum Gasteiger partial charge on any atom is 0.255 e. The lowest BCUT2D eigenvalue weighted by atomic mass is 9.85. The Hall–Kier alpha value is -1.99. The molecule has 132 valence electrons. The Balaban J connectivity index is 1.40. The van der Waals surface area contributed by atoms with Crippen molar-refractivity contribution in [3.63, 3.8) is 0 Å². The predicted molar refractivity (Wildman–Crippen MR) is 92.3 cm³/mol. The second kappa shape index (κ2) is 5.51. The molecule has 3 atom stereocenters. The van der Waals surface area contributed by atoms with E-state index in [4.69, 9.17) is 4.74 Å². The Morgan fingerprint density at radius 2 is 2.12 bits per heavy atom. The number of carbonyl (C=O) groups is 1. The van der Waals surface area contributed by atoms with Crippen molar-refractivity contribution in [1.82, 2.24) is 25.0 Å². The molecule has 2 aromatic rings. The monoisotopic (exact) mass is 341 g/mol. The average molecular weight is 341 g/mol. The van der Waals surface area contributed by atoms with E-state index in [1.165, 1.54) is 12.8 Å². The van der Waals surface area contributed by atoms with Crippen molar-refractivity contribution in [3.05, 3.63) is 24.0 Å². The molecule has 1 spiro atoms. The van der Waals surface area contributed by atoms with Gasteiger partial charge in [0, 0.05) is 31.9 Å². The third kappa shape index (κ3) is 2.53. The quantitative estimate of drug-likeness (QED) is 0.841. The number of ether oxygens (including phenoxy) is 1. The van der Waals surface area contributed by atoms with Gasteiger partial charge >= 0.3 is 0 Å². The Labute approximate surface area is 146 Å². The minimum Gasteiger partial charge on any atom is -0.371 e. The van der Waals surface area contributed by atoms with E-state index >= 15 is 0 Å². The summed E-state index contributed by atoms with van der Waals surface area (Å²) in [7, 11) is 1.87. The van der Waals surface area contributed by atoms with Gasteiger partial charge < -0.3 is 15.0 Å². The van der Waals surface area contributed by atoms with Gasteiger partial charge in [0.25, 0.3) is 5.91 Å². The van der Waals surface area contributed by atoms with Crippen LogP contribution in [0.4, 0.5) is 0 Å². The van der Waals surface area contributed by atoms with Gasteiger partial charge in [-0.15, -0.1) is 0 Å². The molecule has 0 aliphatic carbocycles. The first-order chi connectivity index (χ1) is 12.1. The number of aryl methyl sites for hydroxylation is 1. The molecule has 3 fully saturated rings. The van der Waals surface area contributed by atoms with Crippen LogP contribution in [0.3, 0.4) is 0 Å². The van der Waals surface area contributed by atoms with E-state index in [0.29, 0.717) is 37.3 Å². The van der Waals surface area contributed by atoms with Gasteiger partial charge in [-0.2, -0.15) is 5.10 Å². The molecule has 5 heterocycles. The normalized spacial score (nSPS) is 31.8. The van der Waals surface area contributed by atoms with Crippen LogP contribution < -0.4 is 5.32 Å². The van der Waals surface area contributed by atoms with E-state index in [2.05, 4.69) is 15.4 Å². The van der Waals surface area contributed by atoms with Gasteiger partial charge in [0.05, 0.1) is 36.0 Å². The summed E-state index contributed by atoms with van der Waals surface area (Å²) in [4.78, 5) is 19.4. The summed E-state index contributed by atoms with van der Waals surface area (Å²) in [5.74, 6) is 0.0455. The second-order valence-corrected chi connectivity index (χ2v) is 7.70. The number of carbonyl (C=O) groups excluding carboxylic acids is 1. The fourth-order valence-electron chi connectivity index (χ4n) is 4.80. The molecule has 2 aromatic heterocycles. The number of pyridine rings is 1. The highest BCUT2D eigenvalue weighted by molar-refractivity contribution is 5.96. The molecule has 3 saturated heterocycles. The summed E-state index contributed by atoms with van der Waals surface area (Å²) < 4.78 is 7.97. The molecule has 1 amide bonds. The number of hydrogen-bond acceptors (Lipinski definition) is 5. The first-order valence-corrected chi connectivity index (χ1v) is 9.09. The first kappa shape index (κ1) is 15.3. The van der Waals surface area contributed by atoms with E-state index in [9.17, 15) is 4.79 Å². The number of hydrogen-bond donors (Lipinski definition) is 1. The zero-order chi connectivity index (χ0) is 17.0. The van der Waals surface area contributed by atoms with Crippen LogP contribution in [-0.2, 0) is 11.8 Å². The standard InChI is InChI=1S/C18H23N5O2/c1-22-16-6-12(9-19-15(16)10-20-22)17(24)23-4-5-25-18(11-23)7-13-2-3-14(8-18)21-13/h6,9-10,13-14,21H,2-5,7-8,11H2,1H3/t13-,14+,18?. The lowest BCUT2D eigenvalue weighted by Gasteiger charge is -2.47. The maximum absolute atomic E-state index is 13.1. The van der Waals surface area contributed by atoms with Gasteiger partial charge in [-0.1, -0.05) is 0 Å². The van der Waals surface area contributed by atoms with E-state index in [0.717, 1.165) is 23.9 Å². The molecular formula is C18H23N5O2. The molecule has 3 aliphatic heterocycles. The highest BCUT2D eigenvalue weighted by atomic mass is 16.5. The van der Waals surface area contributed by atoms with Gasteiger partial charge in [-0.05, 0) is 31.7 Å². The van der Waals surface area contributed by atoms with Gasteiger partial charge in [0.2, 0.25) is 0 Å². The third-order valence-electron chi connectivity index (χ3n) is 5.95. The van der Waals surface area contributed by atoms with Crippen LogP contribution in [0.5, 0.6) is 0 Å². The van der Waals surface area contributed by atoms with Crippen molar-refractivity contribution < 1.29 is 9.53 Å². The second-order valence-electron chi connectivity index (χ2n) is 7.70. The third-order valence-corrected chi connectivity index (χ3v) is 5.95. The molecule has 25 heavy (non-hydrogen) atoms. The Morgan fingerprint density at radius 3 is 2.92 bits per heavy atom. The number of morpholine rings is 1. The van der Waals surface area contributed by atoms with E-state index < -0.39 is 0 Å². The van der Waals surface area contributed by atoms with Crippen LogP contribution in [0.25, 0.3) is 11.0 Å². The summed E-state index contributed by atoms with van der Waals surface area (Å²) in [6.45, 7) is 1.95. The zero-order valence-electron chi connectivity index (χ0n) is 14.4. The smallest absolute Gasteiger partial charge is 0.255 e. The number of piperidine rings is 1. The largest absolute Gasteiger partial charge is 0.371 e. The number of nitrogens with zero attached hydrogens (tertiary/aromatic N) is 4. The van der Waals surface area contributed by atoms with Crippen molar-refractivity contribution >= 4 is 16.9 Å². The minimum absolute atomic E-state index is 0.0455. The lowest BCUT2D eigenvalue weighted by Crippen LogP contribution is -2.60. The summed E-state index contributed by atoms with van der Waals surface area (Å²) in [5, 5.41) is 7.86. The van der Waals surface area contributed by atoms with Crippen molar-refractivity contribution in [1.29, 1.82) is 0 Å². The molecule has 7 nitrogen and oxygen atoms in total. The topological polar surface area (TPSA) is 72.3 Å². The van der Waals surface area contributed by atoms with Crippen LogP contribution in [-0.4, -0.2) is 63.0 Å². The molecule has 2 bridgehead atoms. The van der Waals surface area contributed by atoms with Crippen LogP contribution in [0, 0.1) is 0 Å². The number of fused-ring (bicyclic) bond motifs is 3. The van der Waals surface area contributed by atoms with Crippen molar-refractivity contribution in [2.45, 2.75) is 43.4 Å².